The summed E-state index contributed by atoms with van der Waals surface area (Å²) < 4.78 is 2.85. The van der Waals surface area contributed by atoms with Gasteiger partial charge in [0, 0.05) is 20.9 Å². The zero-order chi connectivity index (χ0) is 22.9. The van der Waals surface area contributed by atoms with Gasteiger partial charge < -0.3 is 10.6 Å². The van der Waals surface area contributed by atoms with Crippen LogP contribution in [0, 0.1) is 6.92 Å². The summed E-state index contributed by atoms with van der Waals surface area (Å²) in [6.07, 6.45) is 3.73. The minimum atomic E-state index is -0.252. The SMILES string of the molecule is Cc1ccc(Cl)cc1NC(=O)c1cnn2c1NC(c1ccc(Br)cc1)=C[C@@H]2c1ccccc1. The van der Waals surface area contributed by atoms with Crippen molar-refractivity contribution in [2.24, 2.45) is 0 Å². The highest BCUT2D eigenvalue weighted by atomic mass is 79.9. The molecule has 0 bridgehead atoms. The van der Waals surface area contributed by atoms with Crippen molar-refractivity contribution < 1.29 is 4.79 Å². The van der Waals surface area contributed by atoms with E-state index in [4.69, 9.17) is 11.6 Å². The van der Waals surface area contributed by atoms with Crippen molar-refractivity contribution in [2.45, 2.75) is 13.0 Å². The van der Waals surface area contributed by atoms with E-state index in [1.807, 2.05) is 60.1 Å². The fraction of sp³-hybridized carbons (Fsp3) is 0.0769. The van der Waals surface area contributed by atoms with Crippen LogP contribution < -0.4 is 10.6 Å². The number of aryl methyl sites for hydroxylation is 1. The number of aromatic nitrogens is 2. The van der Waals surface area contributed by atoms with E-state index in [2.05, 4.69) is 49.9 Å². The highest BCUT2D eigenvalue weighted by Gasteiger charge is 2.28. The van der Waals surface area contributed by atoms with Crippen LogP contribution in [0.2, 0.25) is 5.02 Å². The lowest BCUT2D eigenvalue weighted by Crippen LogP contribution is -2.22. The Bertz CT molecular complexity index is 1360. The second kappa shape index (κ2) is 8.89. The molecule has 1 aliphatic heterocycles. The second-order valence-corrected chi connectivity index (χ2v) is 9.18. The van der Waals surface area contributed by atoms with Gasteiger partial charge in [-0.25, -0.2) is 4.68 Å². The molecule has 1 aromatic heterocycles. The average molecular weight is 520 g/mol. The smallest absolute Gasteiger partial charge is 0.261 e. The molecular weight excluding hydrogens is 500 g/mol. The molecule has 0 aliphatic carbocycles. The van der Waals surface area contributed by atoms with Crippen LogP contribution in [0.15, 0.2) is 89.5 Å². The molecule has 3 aromatic carbocycles. The van der Waals surface area contributed by atoms with E-state index in [1.54, 1.807) is 18.3 Å². The van der Waals surface area contributed by atoms with Crippen LogP contribution in [0.4, 0.5) is 11.5 Å². The van der Waals surface area contributed by atoms with Gasteiger partial charge in [-0.15, -0.1) is 0 Å². The topological polar surface area (TPSA) is 59.0 Å². The molecule has 7 heteroatoms. The van der Waals surface area contributed by atoms with E-state index in [0.29, 0.717) is 22.1 Å². The maximum atomic E-state index is 13.3. The predicted molar refractivity (Wildman–Crippen MR) is 137 cm³/mol. The number of nitrogens with zero attached hydrogens (tertiary/aromatic N) is 2. The van der Waals surface area contributed by atoms with Gasteiger partial charge in [0.1, 0.15) is 11.4 Å². The quantitative estimate of drug-likeness (QED) is 0.308. The number of amides is 1. The van der Waals surface area contributed by atoms with Crippen molar-refractivity contribution in [2.75, 3.05) is 10.6 Å². The first-order chi connectivity index (χ1) is 16.0. The number of nitrogens with one attached hydrogen (secondary N) is 2. The summed E-state index contributed by atoms with van der Waals surface area (Å²) >= 11 is 9.63. The first-order valence-corrected chi connectivity index (χ1v) is 11.6. The van der Waals surface area contributed by atoms with E-state index in [-0.39, 0.29) is 11.9 Å². The summed E-state index contributed by atoms with van der Waals surface area (Å²) in [5, 5.41) is 11.6. The first-order valence-electron chi connectivity index (χ1n) is 10.4. The Labute approximate surface area is 205 Å². The number of benzene rings is 3. The number of allylic oxidation sites excluding steroid dienone is 1. The first kappa shape index (κ1) is 21.5. The van der Waals surface area contributed by atoms with Gasteiger partial charge >= 0.3 is 0 Å². The second-order valence-electron chi connectivity index (χ2n) is 7.83. The Morgan fingerprint density at radius 2 is 1.85 bits per heavy atom. The number of rotatable bonds is 4. The normalized spacial score (nSPS) is 14.8. The third-order valence-corrected chi connectivity index (χ3v) is 6.39. The molecule has 0 saturated carbocycles. The third kappa shape index (κ3) is 4.32. The number of carbonyl (C=O) groups excluding carboxylic acids is 1. The fourth-order valence-corrected chi connectivity index (χ4v) is 4.30. The highest BCUT2D eigenvalue weighted by molar-refractivity contribution is 9.10. The van der Waals surface area contributed by atoms with Crippen LogP contribution in [0.25, 0.3) is 5.70 Å². The average Bonchev–Trinajstić information content (AvgIpc) is 3.26. The van der Waals surface area contributed by atoms with E-state index in [0.717, 1.165) is 26.9 Å². The largest absolute Gasteiger partial charge is 0.339 e. The van der Waals surface area contributed by atoms with Crippen molar-refractivity contribution in [1.29, 1.82) is 0 Å². The van der Waals surface area contributed by atoms with E-state index >= 15 is 0 Å². The van der Waals surface area contributed by atoms with Gasteiger partial charge in [-0.05, 0) is 54.0 Å². The lowest BCUT2D eigenvalue weighted by atomic mass is 10.0. The Morgan fingerprint density at radius 1 is 1.09 bits per heavy atom. The molecule has 0 spiro atoms. The number of carbonyl (C=O) groups is 1. The molecule has 1 amide bonds. The maximum absolute atomic E-state index is 13.3. The molecule has 5 rings (SSSR count). The van der Waals surface area contributed by atoms with Crippen molar-refractivity contribution in [3.8, 4) is 0 Å². The molecule has 5 nitrogen and oxygen atoms in total. The summed E-state index contributed by atoms with van der Waals surface area (Å²) in [5.41, 5.74) is 5.07. The number of fused-ring (bicyclic) bond motifs is 1. The zero-order valence-electron chi connectivity index (χ0n) is 17.7. The van der Waals surface area contributed by atoms with Crippen molar-refractivity contribution in [3.63, 3.8) is 0 Å². The summed E-state index contributed by atoms with van der Waals surface area (Å²) in [6, 6.07) is 23.4. The predicted octanol–water partition coefficient (Wildman–Crippen LogP) is 6.92. The van der Waals surface area contributed by atoms with Crippen LogP contribution in [0.3, 0.4) is 0 Å². The molecule has 0 saturated heterocycles. The highest BCUT2D eigenvalue weighted by Crippen LogP contribution is 2.36. The Hall–Kier alpha value is -3.35. The number of hydrogen-bond donors (Lipinski definition) is 2. The summed E-state index contributed by atoms with van der Waals surface area (Å²) in [7, 11) is 0. The summed E-state index contributed by atoms with van der Waals surface area (Å²) in [6.45, 7) is 1.93. The number of anilines is 2. The standard InChI is InChI=1S/C26H20BrClN4O/c1-16-7-12-20(28)13-22(16)31-26(33)21-15-29-32-24(18-5-3-2-4-6-18)14-23(30-25(21)32)17-8-10-19(27)11-9-17/h2-15,24,30H,1H3,(H,31,33)/t24-/m1/s1. The van der Waals surface area contributed by atoms with Gasteiger partial charge in [0.15, 0.2) is 0 Å². The molecule has 1 aliphatic rings. The van der Waals surface area contributed by atoms with Crippen molar-refractivity contribution >= 4 is 50.6 Å². The fourth-order valence-electron chi connectivity index (χ4n) is 3.87. The van der Waals surface area contributed by atoms with E-state index in [1.165, 1.54) is 0 Å². The van der Waals surface area contributed by atoms with Crippen molar-refractivity contribution in [1.82, 2.24) is 9.78 Å². The lowest BCUT2D eigenvalue weighted by molar-refractivity contribution is 0.102. The minimum Gasteiger partial charge on any atom is -0.339 e. The molecule has 4 aromatic rings. The molecule has 164 valence electrons. The van der Waals surface area contributed by atoms with Crippen molar-refractivity contribution in [3.05, 3.63) is 117 Å². The molecule has 0 fully saturated rings. The van der Waals surface area contributed by atoms with Gasteiger partial charge in [-0.3, -0.25) is 4.79 Å². The maximum Gasteiger partial charge on any atom is 0.261 e. The van der Waals surface area contributed by atoms with Gasteiger partial charge in [0.05, 0.1) is 12.2 Å². The number of hydrogen-bond acceptors (Lipinski definition) is 3. The Morgan fingerprint density at radius 3 is 2.61 bits per heavy atom. The summed E-state index contributed by atoms with van der Waals surface area (Å²) in [4.78, 5) is 13.3. The monoisotopic (exact) mass is 518 g/mol. The molecule has 0 unspecified atom stereocenters. The van der Waals surface area contributed by atoms with E-state index < -0.39 is 0 Å². The van der Waals surface area contributed by atoms with Crippen LogP contribution in [-0.2, 0) is 0 Å². The lowest BCUT2D eigenvalue weighted by Gasteiger charge is -2.26. The van der Waals surface area contributed by atoms with Gasteiger partial charge in [0.2, 0.25) is 0 Å². The van der Waals surface area contributed by atoms with Gasteiger partial charge in [0.25, 0.3) is 5.91 Å². The van der Waals surface area contributed by atoms with Gasteiger partial charge in [-0.1, -0.05) is 76.1 Å². The van der Waals surface area contributed by atoms with Crippen LogP contribution in [0.1, 0.15) is 33.1 Å². The molecular formula is C26H20BrClN4O. The zero-order valence-corrected chi connectivity index (χ0v) is 20.1. The van der Waals surface area contributed by atoms with Crippen LogP contribution in [-0.4, -0.2) is 15.7 Å². The van der Waals surface area contributed by atoms with E-state index in [9.17, 15) is 4.79 Å². The number of halogens is 2. The molecule has 0 radical (unpaired) electrons. The molecule has 2 N–H and O–H groups in total. The minimum absolute atomic E-state index is 0.157. The van der Waals surface area contributed by atoms with Gasteiger partial charge in [-0.2, -0.15) is 5.10 Å². The van der Waals surface area contributed by atoms with Crippen LogP contribution in [0.5, 0.6) is 0 Å². The van der Waals surface area contributed by atoms with Crippen LogP contribution >= 0.6 is 27.5 Å². The summed E-state index contributed by atoms with van der Waals surface area (Å²) in [5.74, 6) is 0.388. The molecule has 33 heavy (non-hydrogen) atoms. The Kier molecular flexibility index (Phi) is 5.79. The Balaban J connectivity index is 1.55. The third-order valence-electron chi connectivity index (χ3n) is 5.63. The molecule has 2 heterocycles. The molecule has 1 atom stereocenters.